The number of para-hydroxylation sites is 2. The van der Waals surface area contributed by atoms with E-state index in [0.717, 1.165) is 89.4 Å². The first-order chi connectivity index (χ1) is 53.0. The maximum absolute atomic E-state index is 6.94. The number of hydrogen-bond donors (Lipinski definition) is 0. The van der Waals surface area contributed by atoms with E-state index in [1.54, 1.807) is 0 Å². The summed E-state index contributed by atoms with van der Waals surface area (Å²) in [7, 11) is 0. The monoisotopic (exact) mass is 1420 g/mol. The quantitative estimate of drug-likeness (QED) is 0.106. The van der Waals surface area contributed by atoms with Gasteiger partial charge >= 0.3 is 0 Å². The molecular weight excluding hydrogens is 1340 g/mol. The van der Waals surface area contributed by atoms with Crippen LogP contribution in [0.3, 0.4) is 0 Å². The molecule has 0 saturated carbocycles. The molecule has 2 aliphatic heterocycles. The third kappa shape index (κ3) is 10.8. The zero-order valence-electron chi connectivity index (χ0n) is 63.0. The second-order valence-corrected chi connectivity index (χ2v) is 34.1. The molecule has 2 aromatic heterocycles. The Balaban J connectivity index is 0.943. The molecule has 0 N–H and O–H groups in total. The first-order valence-corrected chi connectivity index (χ1v) is 39.2. The first kappa shape index (κ1) is 66.2. The molecule has 5 heteroatoms. The van der Waals surface area contributed by atoms with Gasteiger partial charge in [0, 0.05) is 87.1 Å². The molecule has 16 aromatic carbocycles. The summed E-state index contributed by atoms with van der Waals surface area (Å²) in [5, 5.41) is 9.51. The number of fused-ring (bicyclic) bond motifs is 12. The van der Waals surface area contributed by atoms with Crippen molar-refractivity contribution in [3.8, 4) is 77.9 Å². The van der Waals surface area contributed by atoms with Crippen LogP contribution in [0.25, 0.3) is 142 Å². The molecule has 2 aliphatic rings. The van der Waals surface area contributed by atoms with Crippen molar-refractivity contribution in [3.05, 3.63) is 344 Å². The Kier molecular flexibility index (Phi) is 15.3. The van der Waals surface area contributed by atoms with E-state index in [9.17, 15) is 0 Å². The van der Waals surface area contributed by atoms with Gasteiger partial charge < -0.3 is 14.2 Å². The maximum Gasteiger partial charge on any atom is 0.252 e. The van der Waals surface area contributed by atoms with Gasteiger partial charge in [-0.15, -0.1) is 11.3 Å². The lowest BCUT2D eigenvalue weighted by molar-refractivity contribution is 0.590. The molecule has 0 unspecified atom stereocenters. The Bertz CT molecular complexity index is 6550. The largest absolute Gasteiger partial charge is 0.455 e. The van der Waals surface area contributed by atoms with Crippen molar-refractivity contribution >= 4 is 132 Å². The van der Waals surface area contributed by atoms with Gasteiger partial charge in [-0.25, -0.2) is 0 Å². The van der Waals surface area contributed by atoms with E-state index < -0.39 is 0 Å². The lowest BCUT2D eigenvalue weighted by atomic mass is 9.33. The van der Waals surface area contributed by atoms with E-state index in [2.05, 4.69) is 400 Å². The molecule has 0 fully saturated rings. The standard InChI is InChI=1S/C104H81BN2OS/c1-102(2,3)71-58-83(64-31-14-10-15-32-64)99(84(59-71)65-33-16-11-17-34-65)106-89-55-68(69-49-52-76-75-40-27-29-48-94(75)109-95(76)57-69)50-53-87(89)105-88-54-51-70(96-77-41-22-24-43-79(77)97(80-44-25-23-42-78(80)96)82-46-30-45-81-74-39-26-28-47-93(74)108-101(81)82)56-90(88)107(92-63-73(104(7,8)9)62-91(106)98(92)105)100-85(66-35-18-12-19-36-66)60-72(103(4,5)6)61-86(100)67-37-20-13-21-38-67/h10-63H,1-9H3. The predicted molar refractivity (Wildman–Crippen MR) is 470 cm³/mol. The molecule has 0 radical (unpaired) electrons. The molecule has 109 heavy (non-hydrogen) atoms. The van der Waals surface area contributed by atoms with Crippen molar-refractivity contribution in [1.29, 1.82) is 0 Å². The van der Waals surface area contributed by atoms with Gasteiger partial charge in [-0.05, 0) is 182 Å². The summed E-state index contributed by atoms with van der Waals surface area (Å²) in [6, 6.07) is 125. The highest BCUT2D eigenvalue weighted by Gasteiger charge is 2.47. The highest BCUT2D eigenvalue weighted by molar-refractivity contribution is 7.25. The zero-order valence-corrected chi connectivity index (χ0v) is 63.8. The fraction of sp³-hybridized carbons (Fsp3) is 0.115. The van der Waals surface area contributed by atoms with E-state index in [4.69, 9.17) is 4.42 Å². The van der Waals surface area contributed by atoms with Gasteiger partial charge in [-0.3, -0.25) is 0 Å². The van der Waals surface area contributed by atoms with E-state index in [1.165, 1.54) is 119 Å². The molecule has 0 aliphatic carbocycles. The Labute approximate surface area is 642 Å². The van der Waals surface area contributed by atoms with Crippen molar-refractivity contribution in [2.45, 2.75) is 78.6 Å². The average molecular weight is 1420 g/mol. The third-order valence-corrected chi connectivity index (χ3v) is 24.4. The number of furan rings is 1. The van der Waals surface area contributed by atoms with Crippen LogP contribution in [0, 0.1) is 0 Å². The average Bonchev–Trinajstić information content (AvgIpc) is 1.13. The maximum atomic E-state index is 6.94. The van der Waals surface area contributed by atoms with Gasteiger partial charge in [0.15, 0.2) is 0 Å². The number of benzene rings is 16. The summed E-state index contributed by atoms with van der Waals surface area (Å²) >= 11 is 1.88. The van der Waals surface area contributed by atoms with Crippen molar-refractivity contribution < 1.29 is 4.42 Å². The molecule has 0 atom stereocenters. The van der Waals surface area contributed by atoms with Gasteiger partial charge in [0.2, 0.25) is 0 Å². The van der Waals surface area contributed by atoms with Gasteiger partial charge in [0.25, 0.3) is 6.71 Å². The van der Waals surface area contributed by atoms with E-state index in [1.807, 2.05) is 11.3 Å². The van der Waals surface area contributed by atoms with Gasteiger partial charge in [0.1, 0.15) is 11.2 Å². The van der Waals surface area contributed by atoms with Crippen LogP contribution in [-0.4, -0.2) is 6.71 Å². The highest BCUT2D eigenvalue weighted by Crippen LogP contribution is 2.57. The summed E-state index contributed by atoms with van der Waals surface area (Å²) in [5.74, 6) is 0. The Hall–Kier alpha value is -12.3. The SMILES string of the molecule is CC(C)(C)c1cc(-c2ccccc2)c(N2c3cc(-c4ccc5c(c4)sc4ccccc45)ccc3B3c4ccc(-c5c6ccccc6c(-c6cccc7c6oc6ccccc67)c6ccccc56)cc4N(c4c(-c5ccccc5)cc(C(C)(C)C)cc4-c4ccccc4)c4cc(C(C)(C)C)cc2c43)c(-c2ccccc2)c1. The molecule has 0 amide bonds. The summed E-state index contributed by atoms with van der Waals surface area (Å²) in [6.07, 6.45) is 0. The van der Waals surface area contributed by atoms with E-state index in [-0.39, 0.29) is 23.0 Å². The summed E-state index contributed by atoms with van der Waals surface area (Å²) in [5.41, 5.74) is 31.7. The number of hydrogen-bond acceptors (Lipinski definition) is 4. The number of anilines is 6. The van der Waals surface area contributed by atoms with Crippen LogP contribution in [0.1, 0.15) is 79.0 Å². The van der Waals surface area contributed by atoms with Crippen molar-refractivity contribution in [1.82, 2.24) is 0 Å². The minimum atomic E-state index is -0.338. The number of rotatable bonds is 9. The van der Waals surface area contributed by atoms with Crippen LogP contribution in [0.2, 0.25) is 0 Å². The summed E-state index contributed by atoms with van der Waals surface area (Å²) < 4.78 is 9.52. The Morgan fingerprint density at radius 3 is 1.13 bits per heavy atom. The molecule has 522 valence electrons. The van der Waals surface area contributed by atoms with Gasteiger partial charge in [0.05, 0.1) is 11.4 Å². The van der Waals surface area contributed by atoms with Gasteiger partial charge in [-0.2, -0.15) is 0 Å². The lowest BCUT2D eigenvalue weighted by Crippen LogP contribution is -2.61. The van der Waals surface area contributed by atoms with Crippen molar-refractivity contribution in [2.75, 3.05) is 9.80 Å². The van der Waals surface area contributed by atoms with Crippen LogP contribution in [-0.2, 0) is 16.2 Å². The second kappa shape index (κ2) is 25.2. The minimum Gasteiger partial charge on any atom is -0.455 e. The van der Waals surface area contributed by atoms with Crippen LogP contribution in [0.4, 0.5) is 34.1 Å². The first-order valence-electron chi connectivity index (χ1n) is 38.4. The van der Waals surface area contributed by atoms with Gasteiger partial charge in [-0.1, -0.05) is 323 Å². The molecule has 4 heterocycles. The fourth-order valence-electron chi connectivity index (χ4n) is 17.8. The highest BCUT2D eigenvalue weighted by atomic mass is 32.1. The predicted octanol–water partition coefficient (Wildman–Crippen LogP) is 27.9. The second-order valence-electron chi connectivity index (χ2n) is 33.1. The van der Waals surface area contributed by atoms with Crippen molar-refractivity contribution in [3.63, 3.8) is 0 Å². The summed E-state index contributed by atoms with van der Waals surface area (Å²) in [6.45, 7) is 21.1. The molecular formula is C104H81BN2OS. The van der Waals surface area contributed by atoms with E-state index in [0.29, 0.717) is 0 Å². The Morgan fingerprint density at radius 2 is 0.642 bits per heavy atom. The lowest BCUT2D eigenvalue weighted by Gasteiger charge is -2.47. The van der Waals surface area contributed by atoms with E-state index >= 15 is 0 Å². The van der Waals surface area contributed by atoms with Crippen LogP contribution < -0.4 is 26.2 Å². The number of thiophene rings is 1. The molecule has 0 bridgehead atoms. The van der Waals surface area contributed by atoms with Crippen LogP contribution >= 0.6 is 11.3 Å². The number of nitrogens with zero attached hydrogens (tertiary/aromatic N) is 2. The third-order valence-electron chi connectivity index (χ3n) is 23.3. The molecule has 3 nitrogen and oxygen atoms in total. The molecule has 0 saturated heterocycles. The molecule has 0 spiro atoms. The minimum absolute atomic E-state index is 0.191. The Morgan fingerprint density at radius 1 is 0.266 bits per heavy atom. The smallest absolute Gasteiger partial charge is 0.252 e. The molecule has 18 aromatic rings. The topological polar surface area (TPSA) is 19.6 Å². The van der Waals surface area contributed by atoms with Crippen molar-refractivity contribution in [2.24, 2.45) is 0 Å². The zero-order chi connectivity index (χ0) is 73.8. The normalized spacial score (nSPS) is 12.9. The summed E-state index contributed by atoms with van der Waals surface area (Å²) in [4.78, 5) is 5.48. The van der Waals surface area contributed by atoms with Crippen LogP contribution in [0.5, 0.6) is 0 Å². The fourth-order valence-corrected chi connectivity index (χ4v) is 18.9. The van der Waals surface area contributed by atoms with Crippen LogP contribution in [0.15, 0.2) is 332 Å². The molecule has 20 rings (SSSR count).